The first-order chi connectivity index (χ1) is 7.91. The molecule has 92 valence electrons. The maximum absolute atomic E-state index is 13.4. The summed E-state index contributed by atoms with van der Waals surface area (Å²) in [5.74, 6) is -2.78. The third-order valence-corrected chi connectivity index (χ3v) is 2.23. The van der Waals surface area contributed by atoms with Gasteiger partial charge < -0.3 is 16.2 Å². The van der Waals surface area contributed by atoms with E-state index in [-0.39, 0.29) is 10.7 Å². The number of carboxylic acid groups (broad SMARTS) is 1. The molecule has 0 saturated heterocycles. The van der Waals surface area contributed by atoms with Crippen LogP contribution in [0.25, 0.3) is 0 Å². The number of nitrogens with two attached hydrogens (primary N) is 1. The molecule has 0 aliphatic carbocycles. The van der Waals surface area contributed by atoms with Crippen LogP contribution in [0, 0.1) is 5.82 Å². The molecule has 0 aliphatic heterocycles. The van der Waals surface area contributed by atoms with Crippen molar-refractivity contribution < 1.29 is 19.1 Å². The second-order valence-electron chi connectivity index (χ2n) is 3.29. The fourth-order valence-corrected chi connectivity index (χ4v) is 1.28. The molecular formula is C10H10ClFN2O3. The summed E-state index contributed by atoms with van der Waals surface area (Å²) in [4.78, 5) is 21.7. The number of rotatable bonds is 4. The molecular weight excluding hydrogens is 251 g/mol. The number of aliphatic carboxylic acids is 1. The van der Waals surface area contributed by atoms with E-state index in [1.165, 1.54) is 18.2 Å². The van der Waals surface area contributed by atoms with Gasteiger partial charge >= 0.3 is 5.97 Å². The lowest BCUT2D eigenvalue weighted by Gasteiger charge is -2.11. The normalized spacial score (nSPS) is 11.9. The number of carboxylic acids is 1. The van der Waals surface area contributed by atoms with Crippen molar-refractivity contribution in [3.63, 3.8) is 0 Å². The summed E-state index contributed by atoms with van der Waals surface area (Å²) in [5.41, 5.74) is 5.17. The Morgan fingerprint density at radius 1 is 1.53 bits per heavy atom. The second-order valence-corrected chi connectivity index (χ2v) is 3.70. The van der Waals surface area contributed by atoms with Gasteiger partial charge in [-0.3, -0.25) is 9.59 Å². The van der Waals surface area contributed by atoms with Gasteiger partial charge in [0.25, 0.3) is 0 Å². The van der Waals surface area contributed by atoms with Crippen LogP contribution in [0.1, 0.15) is 6.42 Å². The van der Waals surface area contributed by atoms with Crippen molar-refractivity contribution in [2.45, 2.75) is 12.5 Å². The Morgan fingerprint density at radius 2 is 2.18 bits per heavy atom. The molecule has 1 aromatic carbocycles. The van der Waals surface area contributed by atoms with Crippen LogP contribution < -0.4 is 11.1 Å². The highest BCUT2D eigenvalue weighted by atomic mass is 35.5. The minimum Gasteiger partial charge on any atom is -0.481 e. The van der Waals surface area contributed by atoms with Crippen LogP contribution in [-0.2, 0) is 9.59 Å². The van der Waals surface area contributed by atoms with Crippen LogP contribution in [0.4, 0.5) is 10.1 Å². The standard InChI is InChI=1S/C10H10ClFN2O3/c11-5-2-1-3-7(9(5)12)14-10(17)6(13)4-8(15)16/h1-3,6H,4,13H2,(H,14,17)(H,15,16). The topological polar surface area (TPSA) is 92.4 Å². The van der Waals surface area contributed by atoms with Crippen molar-refractivity contribution in [1.29, 1.82) is 0 Å². The van der Waals surface area contributed by atoms with Gasteiger partial charge in [0.2, 0.25) is 5.91 Å². The smallest absolute Gasteiger partial charge is 0.305 e. The molecule has 0 radical (unpaired) electrons. The largest absolute Gasteiger partial charge is 0.481 e. The highest BCUT2D eigenvalue weighted by Gasteiger charge is 2.18. The van der Waals surface area contributed by atoms with Crippen molar-refractivity contribution in [3.8, 4) is 0 Å². The van der Waals surface area contributed by atoms with Crippen LogP contribution in [0.5, 0.6) is 0 Å². The van der Waals surface area contributed by atoms with Crippen LogP contribution in [-0.4, -0.2) is 23.0 Å². The number of amides is 1. The lowest BCUT2D eigenvalue weighted by atomic mass is 10.2. The summed E-state index contributed by atoms with van der Waals surface area (Å²) in [6.07, 6.45) is -0.534. The molecule has 1 amide bonds. The van der Waals surface area contributed by atoms with Crippen molar-refractivity contribution in [2.24, 2.45) is 5.73 Å². The summed E-state index contributed by atoms with van der Waals surface area (Å²) in [6.45, 7) is 0. The van der Waals surface area contributed by atoms with Gasteiger partial charge in [-0.1, -0.05) is 17.7 Å². The quantitative estimate of drug-likeness (QED) is 0.759. The number of hydrogen-bond acceptors (Lipinski definition) is 3. The maximum Gasteiger partial charge on any atom is 0.305 e. The van der Waals surface area contributed by atoms with E-state index in [0.717, 1.165) is 0 Å². The number of benzene rings is 1. The van der Waals surface area contributed by atoms with Crippen LogP contribution in [0.2, 0.25) is 5.02 Å². The van der Waals surface area contributed by atoms with E-state index < -0.39 is 30.2 Å². The van der Waals surface area contributed by atoms with E-state index in [0.29, 0.717) is 0 Å². The van der Waals surface area contributed by atoms with E-state index in [2.05, 4.69) is 5.32 Å². The average molecular weight is 261 g/mol. The molecule has 1 aromatic rings. The monoisotopic (exact) mass is 260 g/mol. The number of carbonyl (C=O) groups is 2. The SMILES string of the molecule is NC(CC(=O)O)C(=O)Nc1cccc(Cl)c1F. The number of anilines is 1. The fraction of sp³-hybridized carbons (Fsp3) is 0.200. The third kappa shape index (κ3) is 3.69. The van der Waals surface area contributed by atoms with Crippen LogP contribution in [0.3, 0.4) is 0 Å². The zero-order valence-electron chi connectivity index (χ0n) is 8.61. The maximum atomic E-state index is 13.4. The molecule has 0 saturated carbocycles. The first kappa shape index (κ1) is 13.4. The lowest BCUT2D eigenvalue weighted by molar-refractivity contribution is -0.138. The Balaban J connectivity index is 2.74. The minimum atomic E-state index is -1.24. The summed E-state index contributed by atoms with van der Waals surface area (Å²) >= 11 is 5.51. The average Bonchev–Trinajstić information content (AvgIpc) is 2.23. The predicted octanol–water partition coefficient (Wildman–Crippen LogP) is 1.22. The highest BCUT2D eigenvalue weighted by molar-refractivity contribution is 6.31. The van der Waals surface area contributed by atoms with Crippen LogP contribution >= 0.6 is 11.6 Å². The zero-order chi connectivity index (χ0) is 13.0. The Hall–Kier alpha value is -1.66. The van der Waals surface area contributed by atoms with Crippen LogP contribution in [0.15, 0.2) is 18.2 Å². The van der Waals surface area contributed by atoms with Gasteiger partial charge in [0, 0.05) is 0 Å². The fourth-order valence-electron chi connectivity index (χ4n) is 1.11. The first-order valence-corrected chi connectivity index (χ1v) is 5.02. The lowest BCUT2D eigenvalue weighted by Crippen LogP contribution is -2.37. The number of carbonyl (C=O) groups excluding carboxylic acids is 1. The van der Waals surface area contributed by atoms with Gasteiger partial charge in [0.05, 0.1) is 23.2 Å². The molecule has 0 heterocycles. The highest BCUT2D eigenvalue weighted by Crippen LogP contribution is 2.21. The molecule has 0 spiro atoms. The molecule has 7 heteroatoms. The molecule has 1 atom stereocenters. The summed E-state index contributed by atoms with van der Waals surface area (Å²) in [7, 11) is 0. The van der Waals surface area contributed by atoms with Crippen molar-refractivity contribution >= 4 is 29.2 Å². The second kappa shape index (κ2) is 5.60. The molecule has 0 fully saturated rings. The van der Waals surface area contributed by atoms with E-state index in [9.17, 15) is 14.0 Å². The molecule has 4 N–H and O–H groups in total. The van der Waals surface area contributed by atoms with Crippen molar-refractivity contribution in [2.75, 3.05) is 5.32 Å². The molecule has 1 unspecified atom stereocenters. The molecule has 1 rings (SSSR count). The summed E-state index contributed by atoms with van der Waals surface area (Å²) < 4.78 is 13.4. The molecule has 17 heavy (non-hydrogen) atoms. The summed E-state index contributed by atoms with van der Waals surface area (Å²) in [5, 5.41) is 10.5. The van der Waals surface area contributed by atoms with Gasteiger partial charge in [-0.2, -0.15) is 0 Å². The Bertz CT molecular complexity index is 453. The minimum absolute atomic E-state index is 0.136. The van der Waals surface area contributed by atoms with Gasteiger partial charge in [-0.15, -0.1) is 0 Å². The van der Waals surface area contributed by atoms with E-state index in [1.54, 1.807) is 0 Å². The number of hydrogen-bond donors (Lipinski definition) is 3. The predicted molar refractivity (Wildman–Crippen MR) is 60.3 cm³/mol. The van der Waals surface area contributed by atoms with Gasteiger partial charge in [-0.05, 0) is 12.1 Å². The molecule has 5 nitrogen and oxygen atoms in total. The van der Waals surface area contributed by atoms with E-state index >= 15 is 0 Å². The Morgan fingerprint density at radius 3 is 2.76 bits per heavy atom. The molecule has 0 bridgehead atoms. The van der Waals surface area contributed by atoms with E-state index in [4.69, 9.17) is 22.4 Å². The summed E-state index contributed by atoms with van der Waals surface area (Å²) in [6, 6.07) is 2.82. The number of halogens is 2. The molecule has 0 aromatic heterocycles. The van der Waals surface area contributed by atoms with Crippen molar-refractivity contribution in [3.05, 3.63) is 29.0 Å². The van der Waals surface area contributed by atoms with Gasteiger partial charge in [0.15, 0.2) is 5.82 Å². The zero-order valence-corrected chi connectivity index (χ0v) is 9.37. The van der Waals surface area contributed by atoms with Crippen molar-refractivity contribution in [1.82, 2.24) is 0 Å². The Kier molecular flexibility index (Phi) is 4.42. The first-order valence-electron chi connectivity index (χ1n) is 4.64. The molecule has 0 aliphatic rings. The van der Waals surface area contributed by atoms with Gasteiger partial charge in [-0.25, -0.2) is 4.39 Å². The number of nitrogens with one attached hydrogen (secondary N) is 1. The van der Waals surface area contributed by atoms with E-state index in [1.807, 2.05) is 0 Å². The van der Waals surface area contributed by atoms with Gasteiger partial charge in [0.1, 0.15) is 0 Å². The Labute approximate surface area is 101 Å². The third-order valence-electron chi connectivity index (χ3n) is 1.94.